The van der Waals surface area contributed by atoms with Crippen molar-refractivity contribution in [3.8, 4) is 5.88 Å². The van der Waals surface area contributed by atoms with Crippen LogP contribution in [-0.2, 0) is 4.74 Å². The molecule has 2 aromatic heterocycles. The highest BCUT2D eigenvalue weighted by Gasteiger charge is 2.17. The van der Waals surface area contributed by atoms with Crippen molar-refractivity contribution in [2.45, 2.75) is 20.0 Å². The van der Waals surface area contributed by atoms with Gasteiger partial charge in [0.1, 0.15) is 11.7 Å². The van der Waals surface area contributed by atoms with Gasteiger partial charge in [0.15, 0.2) is 0 Å². The second-order valence-electron chi connectivity index (χ2n) is 4.40. The molecule has 0 saturated carbocycles. The van der Waals surface area contributed by atoms with Crippen molar-refractivity contribution in [1.82, 2.24) is 9.97 Å². The summed E-state index contributed by atoms with van der Waals surface area (Å²) in [4.78, 5) is 19.9. The normalized spacial score (nSPS) is 11.8. The van der Waals surface area contributed by atoms with Crippen LogP contribution in [0, 0.1) is 6.92 Å². The third-order valence-corrected chi connectivity index (χ3v) is 2.86. The lowest BCUT2D eigenvalue weighted by molar-refractivity contribution is 0.0592. The van der Waals surface area contributed by atoms with E-state index in [9.17, 15) is 4.79 Å². The SMILES string of the molecule is COC(=O)c1cc(C)cnc1OC(C)c1ccncc1. The molecule has 0 spiro atoms. The van der Waals surface area contributed by atoms with Gasteiger partial charge in [-0.2, -0.15) is 0 Å². The van der Waals surface area contributed by atoms with Crippen LogP contribution < -0.4 is 4.74 Å². The van der Waals surface area contributed by atoms with E-state index in [1.54, 1.807) is 24.7 Å². The van der Waals surface area contributed by atoms with E-state index in [2.05, 4.69) is 9.97 Å². The quantitative estimate of drug-likeness (QED) is 0.801. The van der Waals surface area contributed by atoms with Crippen LogP contribution in [0.25, 0.3) is 0 Å². The maximum Gasteiger partial charge on any atom is 0.343 e. The average molecular weight is 272 g/mol. The predicted molar refractivity (Wildman–Crippen MR) is 73.6 cm³/mol. The lowest BCUT2D eigenvalue weighted by atomic mass is 10.1. The minimum atomic E-state index is -0.460. The number of methoxy groups -OCH3 is 1. The molecule has 0 aliphatic rings. The molecule has 1 unspecified atom stereocenters. The number of aryl methyl sites for hydroxylation is 1. The van der Waals surface area contributed by atoms with Gasteiger partial charge in [0.2, 0.25) is 5.88 Å². The Morgan fingerprint density at radius 3 is 2.65 bits per heavy atom. The van der Waals surface area contributed by atoms with Crippen LogP contribution in [0.5, 0.6) is 5.88 Å². The fourth-order valence-electron chi connectivity index (χ4n) is 1.78. The number of aromatic nitrogens is 2. The highest BCUT2D eigenvalue weighted by molar-refractivity contribution is 5.91. The molecule has 0 fully saturated rings. The molecule has 0 radical (unpaired) electrons. The second kappa shape index (κ2) is 6.14. The summed E-state index contributed by atoms with van der Waals surface area (Å²) in [6.45, 7) is 3.74. The molecule has 0 aliphatic heterocycles. The van der Waals surface area contributed by atoms with Crippen molar-refractivity contribution in [3.63, 3.8) is 0 Å². The molecule has 0 amide bonds. The molecule has 0 bridgehead atoms. The summed E-state index contributed by atoms with van der Waals surface area (Å²) in [5, 5.41) is 0. The third kappa shape index (κ3) is 3.12. The van der Waals surface area contributed by atoms with Crippen LogP contribution in [0.4, 0.5) is 0 Å². The van der Waals surface area contributed by atoms with Crippen molar-refractivity contribution < 1.29 is 14.3 Å². The van der Waals surface area contributed by atoms with E-state index in [0.717, 1.165) is 11.1 Å². The van der Waals surface area contributed by atoms with Gasteiger partial charge in [0.05, 0.1) is 7.11 Å². The number of pyridine rings is 2. The van der Waals surface area contributed by atoms with E-state index in [-0.39, 0.29) is 12.0 Å². The monoisotopic (exact) mass is 272 g/mol. The summed E-state index contributed by atoms with van der Waals surface area (Å²) >= 11 is 0. The molecular weight excluding hydrogens is 256 g/mol. The van der Waals surface area contributed by atoms with Crippen LogP contribution in [0.3, 0.4) is 0 Å². The smallest absolute Gasteiger partial charge is 0.343 e. The lowest BCUT2D eigenvalue weighted by Crippen LogP contribution is -2.10. The number of ether oxygens (including phenoxy) is 2. The van der Waals surface area contributed by atoms with Gasteiger partial charge >= 0.3 is 5.97 Å². The number of rotatable bonds is 4. The lowest BCUT2D eigenvalue weighted by Gasteiger charge is -2.16. The molecule has 104 valence electrons. The van der Waals surface area contributed by atoms with Crippen molar-refractivity contribution >= 4 is 5.97 Å². The summed E-state index contributed by atoms with van der Waals surface area (Å²) in [6, 6.07) is 5.42. The molecule has 0 aliphatic carbocycles. The number of nitrogens with zero attached hydrogens (tertiary/aromatic N) is 2. The van der Waals surface area contributed by atoms with Gasteiger partial charge in [-0.25, -0.2) is 9.78 Å². The highest BCUT2D eigenvalue weighted by atomic mass is 16.5. The Labute approximate surface area is 117 Å². The fraction of sp³-hybridized carbons (Fsp3) is 0.267. The highest BCUT2D eigenvalue weighted by Crippen LogP contribution is 2.24. The number of hydrogen-bond acceptors (Lipinski definition) is 5. The summed E-state index contributed by atoms with van der Waals surface area (Å²) in [5.74, 6) is -0.190. The van der Waals surface area contributed by atoms with Crippen LogP contribution >= 0.6 is 0 Å². The Balaban J connectivity index is 2.27. The Hall–Kier alpha value is -2.43. The van der Waals surface area contributed by atoms with E-state index in [1.807, 2.05) is 26.0 Å². The zero-order chi connectivity index (χ0) is 14.5. The molecule has 5 nitrogen and oxygen atoms in total. The molecule has 20 heavy (non-hydrogen) atoms. The molecule has 1 atom stereocenters. The molecule has 0 aromatic carbocycles. The van der Waals surface area contributed by atoms with Gasteiger partial charge in [-0.3, -0.25) is 4.98 Å². The van der Waals surface area contributed by atoms with E-state index in [1.165, 1.54) is 7.11 Å². The minimum absolute atomic E-state index is 0.239. The van der Waals surface area contributed by atoms with Gasteiger partial charge < -0.3 is 9.47 Å². The molecular formula is C15H16N2O3. The Morgan fingerprint density at radius 1 is 1.30 bits per heavy atom. The van der Waals surface area contributed by atoms with E-state index in [0.29, 0.717) is 5.56 Å². The first-order valence-corrected chi connectivity index (χ1v) is 6.23. The maximum absolute atomic E-state index is 11.8. The summed E-state index contributed by atoms with van der Waals surface area (Å²) in [7, 11) is 1.33. The van der Waals surface area contributed by atoms with Crippen LogP contribution in [-0.4, -0.2) is 23.0 Å². The third-order valence-electron chi connectivity index (χ3n) is 2.86. The zero-order valence-corrected chi connectivity index (χ0v) is 11.7. The van der Waals surface area contributed by atoms with Gasteiger partial charge in [0, 0.05) is 18.6 Å². The molecule has 2 heterocycles. The maximum atomic E-state index is 11.8. The van der Waals surface area contributed by atoms with Crippen molar-refractivity contribution in [2.24, 2.45) is 0 Å². The zero-order valence-electron chi connectivity index (χ0n) is 11.7. The summed E-state index contributed by atoms with van der Waals surface area (Å²) in [6.07, 6.45) is 4.80. The van der Waals surface area contributed by atoms with Crippen molar-refractivity contribution in [3.05, 3.63) is 53.5 Å². The molecule has 0 N–H and O–H groups in total. The largest absolute Gasteiger partial charge is 0.469 e. The van der Waals surface area contributed by atoms with Crippen molar-refractivity contribution in [2.75, 3.05) is 7.11 Å². The standard InChI is InChI=1S/C15H16N2O3/c1-10-8-13(15(18)19-3)14(17-9-10)20-11(2)12-4-6-16-7-5-12/h4-9,11H,1-3H3. The average Bonchev–Trinajstić information content (AvgIpc) is 2.49. The summed E-state index contributed by atoms with van der Waals surface area (Å²) < 4.78 is 10.5. The first-order chi connectivity index (χ1) is 9.61. The topological polar surface area (TPSA) is 61.3 Å². The van der Waals surface area contributed by atoms with E-state index in [4.69, 9.17) is 9.47 Å². The Morgan fingerprint density at radius 2 is 2.00 bits per heavy atom. The second-order valence-corrected chi connectivity index (χ2v) is 4.40. The van der Waals surface area contributed by atoms with Gasteiger partial charge in [0.25, 0.3) is 0 Å². The van der Waals surface area contributed by atoms with Gasteiger partial charge in [-0.05, 0) is 43.2 Å². The predicted octanol–water partition coefficient (Wildman–Crippen LogP) is 2.71. The van der Waals surface area contributed by atoms with Gasteiger partial charge in [-0.1, -0.05) is 0 Å². The first kappa shape index (κ1) is 14.0. The minimum Gasteiger partial charge on any atom is -0.469 e. The molecule has 2 aromatic rings. The van der Waals surface area contributed by atoms with Crippen LogP contribution in [0.1, 0.15) is 34.5 Å². The molecule has 2 rings (SSSR count). The number of esters is 1. The van der Waals surface area contributed by atoms with Crippen LogP contribution in [0.2, 0.25) is 0 Å². The number of carbonyl (C=O) groups excluding carboxylic acids is 1. The molecule has 0 saturated heterocycles. The van der Waals surface area contributed by atoms with Crippen LogP contribution in [0.15, 0.2) is 36.8 Å². The van der Waals surface area contributed by atoms with E-state index < -0.39 is 5.97 Å². The first-order valence-electron chi connectivity index (χ1n) is 6.23. The summed E-state index contributed by atoms with van der Waals surface area (Å²) in [5.41, 5.74) is 2.15. The number of carbonyl (C=O) groups is 1. The van der Waals surface area contributed by atoms with Crippen molar-refractivity contribution in [1.29, 1.82) is 0 Å². The van der Waals surface area contributed by atoms with E-state index >= 15 is 0 Å². The fourth-order valence-corrected chi connectivity index (χ4v) is 1.78. The Bertz CT molecular complexity index is 599. The van der Waals surface area contributed by atoms with Gasteiger partial charge in [-0.15, -0.1) is 0 Å². The Kier molecular flexibility index (Phi) is 4.30. The number of hydrogen-bond donors (Lipinski definition) is 0. The molecule has 5 heteroatoms.